The van der Waals surface area contributed by atoms with Crippen molar-refractivity contribution in [1.29, 1.82) is 0 Å². The zero-order valence-corrected chi connectivity index (χ0v) is 22.3. The molecule has 3 aromatic rings. The summed E-state index contributed by atoms with van der Waals surface area (Å²) in [4.78, 5) is 24.3. The molecule has 6 rings (SSSR count). The van der Waals surface area contributed by atoms with E-state index in [0.717, 1.165) is 41.7 Å². The molecular weight excluding hydrogens is 508 g/mol. The molecule has 1 N–H and O–H groups in total. The highest BCUT2D eigenvalue weighted by atomic mass is 16.6. The smallest absolute Gasteiger partial charge is 0.159 e. The molecule has 4 heterocycles. The van der Waals surface area contributed by atoms with Crippen LogP contribution < -0.4 is 10.1 Å². The zero-order valence-electron chi connectivity index (χ0n) is 22.3. The van der Waals surface area contributed by atoms with E-state index in [-0.39, 0.29) is 30.5 Å². The van der Waals surface area contributed by atoms with E-state index in [9.17, 15) is 4.79 Å². The summed E-state index contributed by atoms with van der Waals surface area (Å²) in [5.74, 6) is 3.91. The van der Waals surface area contributed by atoms with E-state index in [1.54, 1.807) is 6.08 Å². The number of fused-ring (bicyclic) bond motifs is 2. The molecule has 0 saturated carbocycles. The van der Waals surface area contributed by atoms with Crippen molar-refractivity contribution in [2.75, 3.05) is 51.4 Å². The van der Waals surface area contributed by atoms with Gasteiger partial charge in [-0.2, -0.15) is 0 Å². The Morgan fingerprint density at radius 1 is 1.15 bits per heavy atom. The van der Waals surface area contributed by atoms with Crippen molar-refractivity contribution in [3.05, 3.63) is 66.0 Å². The van der Waals surface area contributed by atoms with Gasteiger partial charge in [-0.15, -0.1) is 6.42 Å². The number of carbonyl (C=O) groups excluding carboxylic acids is 1. The molecule has 9 nitrogen and oxygen atoms in total. The summed E-state index contributed by atoms with van der Waals surface area (Å²) >= 11 is 0. The number of ether oxygens (including phenoxy) is 4. The molecule has 3 atom stereocenters. The van der Waals surface area contributed by atoms with Gasteiger partial charge in [-0.05, 0) is 30.3 Å². The number of hydrogen-bond acceptors (Lipinski definition) is 9. The topological polar surface area (TPSA) is 95.0 Å². The summed E-state index contributed by atoms with van der Waals surface area (Å²) in [7, 11) is 0. The van der Waals surface area contributed by atoms with E-state index in [0.29, 0.717) is 50.1 Å². The maximum Gasteiger partial charge on any atom is 0.159 e. The largest absolute Gasteiger partial charge is 0.488 e. The monoisotopic (exact) mass is 540 g/mol. The van der Waals surface area contributed by atoms with Crippen LogP contribution in [0.3, 0.4) is 0 Å². The van der Waals surface area contributed by atoms with Crippen molar-refractivity contribution in [3.63, 3.8) is 0 Å². The Morgan fingerprint density at radius 3 is 2.77 bits per heavy atom. The third-order valence-corrected chi connectivity index (χ3v) is 7.36. The number of anilines is 2. The van der Waals surface area contributed by atoms with Gasteiger partial charge in [0.15, 0.2) is 5.78 Å². The number of hydrogen-bond donors (Lipinski definition) is 1. The molecule has 0 bridgehead atoms. The Kier molecular flexibility index (Phi) is 8.02. The highest BCUT2D eigenvalue weighted by Crippen LogP contribution is 2.32. The van der Waals surface area contributed by atoms with E-state index in [2.05, 4.69) is 26.1 Å². The first kappa shape index (κ1) is 26.4. The molecule has 2 aromatic carbocycles. The SMILES string of the molecule is C#Cc1cccc(Nc2ncnc3cc(O[C@H]4CCOC4)c(CC(=O)/C=C/CN4C[C@@H]5OCCO[C@@H]5C4)cc23)c1. The van der Waals surface area contributed by atoms with Gasteiger partial charge in [-0.3, -0.25) is 9.69 Å². The quantitative estimate of drug-likeness (QED) is 0.324. The lowest BCUT2D eigenvalue weighted by molar-refractivity contribution is -0.116. The second-order valence-corrected chi connectivity index (χ2v) is 10.2. The van der Waals surface area contributed by atoms with E-state index in [1.165, 1.54) is 6.33 Å². The standard InChI is InChI=1S/C31H32N4O5/c1-2-21-5-3-6-23(13-21)34-31-26-15-22(28(16-27(26)32-20-33-31)40-25-8-10-37-19-25)14-24(36)7-4-9-35-17-29-30(18-35)39-12-11-38-29/h1,3-7,13,15-16,20,25,29-30H,8-12,14,17-19H2,(H,32,33,34)/b7-4+/t25-,29-,30+/m0/s1. The number of likely N-dealkylation sites (tertiary alicyclic amines) is 1. The first-order valence-electron chi connectivity index (χ1n) is 13.7. The molecule has 9 heteroatoms. The number of terminal acetylenes is 1. The summed E-state index contributed by atoms with van der Waals surface area (Å²) in [6, 6.07) is 11.4. The maximum absolute atomic E-state index is 13.1. The van der Waals surface area contributed by atoms with Crippen LogP contribution in [0.25, 0.3) is 10.9 Å². The molecule has 0 aliphatic carbocycles. The third kappa shape index (κ3) is 6.16. The van der Waals surface area contributed by atoms with Crippen LogP contribution in [0.1, 0.15) is 17.5 Å². The minimum Gasteiger partial charge on any atom is -0.488 e. The van der Waals surface area contributed by atoms with Crippen LogP contribution in [0, 0.1) is 12.3 Å². The van der Waals surface area contributed by atoms with Gasteiger partial charge in [0.1, 0.15) is 24.0 Å². The van der Waals surface area contributed by atoms with Crippen molar-refractivity contribution in [2.45, 2.75) is 31.2 Å². The van der Waals surface area contributed by atoms with Crippen molar-refractivity contribution >= 4 is 28.2 Å². The predicted molar refractivity (Wildman–Crippen MR) is 151 cm³/mol. The first-order chi connectivity index (χ1) is 19.6. The maximum atomic E-state index is 13.1. The molecule has 3 fully saturated rings. The van der Waals surface area contributed by atoms with Crippen molar-refractivity contribution < 1.29 is 23.7 Å². The van der Waals surface area contributed by atoms with Gasteiger partial charge in [-0.1, -0.05) is 18.1 Å². The molecular formula is C31H32N4O5. The summed E-state index contributed by atoms with van der Waals surface area (Å²) in [6.07, 6.45) is 11.8. The van der Waals surface area contributed by atoms with Crippen LogP contribution in [0.5, 0.6) is 5.75 Å². The van der Waals surface area contributed by atoms with E-state index in [4.69, 9.17) is 25.4 Å². The molecule has 1 aromatic heterocycles. The van der Waals surface area contributed by atoms with Gasteiger partial charge in [0.25, 0.3) is 0 Å². The molecule has 3 aliphatic rings. The fourth-order valence-corrected chi connectivity index (χ4v) is 5.35. The average molecular weight is 541 g/mol. The van der Waals surface area contributed by atoms with Crippen LogP contribution >= 0.6 is 0 Å². The third-order valence-electron chi connectivity index (χ3n) is 7.36. The number of benzene rings is 2. The Balaban J connectivity index is 1.21. The van der Waals surface area contributed by atoms with Crippen molar-refractivity contribution in [1.82, 2.24) is 14.9 Å². The average Bonchev–Trinajstić information content (AvgIpc) is 3.63. The van der Waals surface area contributed by atoms with E-state index >= 15 is 0 Å². The molecule has 0 spiro atoms. The molecule has 3 saturated heterocycles. The second-order valence-electron chi connectivity index (χ2n) is 10.2. The number of carbonyl (C=O) groups is 1. The highest BCUT2D eigenvalue weighted by molar-refractivity contribution is 5.96. The van der Waals surface area contributed by atoms with Crippen LogP contribution in [-0.2, 0) is 25.4 Å². The number of nitrogens with zero attached hydrogens (tertiary/aromatic N) is 3. The van der Waals surface area contributed by atoms with Gasteiger partial charge in [-0.25, -0.2) is 9.97 Å². The molecule has 206 valence electrons. The molecule has 0 unspecified atom stereocenters. The summed E-state index contributed by atoms with van der Waals surface area (Å²) < 4.78 is 23.4. The minimum atomic E-state index is -0.0593. The summed E-state index contributed by atoms with van der Waals surface area (Å²) in [5, 5.41) is 4.14. The number of aromatic nitrogens is 2. The lowest BCUT2D eigenvalue weighted by Crippen LogP contribution is -2.36. The van der Waals surface area contributed by atoms with Gasteiger partial charge in [0, 0.05) is 60.7 Å². The van der Waals surface area contributed by atoms with Crippen molar-refractivity contribution in [3.8, 4) is 18.1 Å². The van der Waals surface area contributed by atoms with Gasteiger partial charge < -0.3 is 24.3 Å². The fraction of sp³-hybridized carbons (Fsp3) is 0.387. The predicted octanol–water partition coefficient (Wildman–Crippen LogP) is 3.29. The van der Waals surface area contributed by atoms with E-state index in [1.807, 2.05) is 42.5 Å². The molecule has 3 aliphatic heterocycles. The Morgan fingerprint density at radius 2 is 2.00 bits per heavy atom. The van der Waals surface area contributed by atoms with Gasteiger partial charge in [0.2, 0.25) is 0 Å². The number of allylic oxidation sites excluding steroid dienone is 1. The second kappa shape index (κ2) is 12.1. The van der Waals surface area contributed by atoms with Gasteiger partial charge >= 0.3 is 0 Å². The van der Waals surface area contributed by atoms with Crippen LogP contribution in [0.2, 0.25) is 0 Å². The van der Waals surface area contributed by atoms with Crippen LogP contribution in [-0.4, -0.2) is 85.0 Å². The highest BCUT2D eigenvalue weighted by Gasteiger charge is 2.35. The Hall–Kier alpha value is -3.81. The van der Waals surface area contributed by atoms with E-state index < -0.39 is 0 Å². The first-order valence-corrected chi connectivity index (χ1v) is 13.7. The Labute approximate surface area is 233 Å². The van der Waals surface area contributed by atoms with Gasteiger partial charge in [0.05, 0.1) is 44.2 Å². The van der Waals surface area contributed by atoms with Crippen LogP contribution in [0.4, 0.5) is 11.5 Å². The number of rotatable bonds is 9. The van der Waals surface area contributed by atoms with Crippen LogP contribution in [0.15, 0.2) is 54.9 Å². The summed E-state index contributed by atoms with van der Waals surface area (Å²) in [6.45, 7) is 4.78. The molecule has 0 radical (unpaired) electrons. The molecule has 0 amide bonds. The summed E-state index contributed by atoms with van der Waals surface area (Å²) in [5.41, 5.74) is 3.07. The zero-order chi connectivity index (χ0) is 27.3. The van der Waals surface area contributed by atoms with Crippen molar-refractivity contribution in [2.24, 2.45) is 0 Å². The minimum absolute atomic E-state index is 0.0101. The number of nitrogens with one attached hydrogen (secondary N) is 1. The Bertz CT molecular complexity index is 1430. The number of ketones is 1. The lowest BCUT2D eigenvalue weighted by Gasteiger charge is -2.24. The molecule has 40 heavy (non-hydrogen) atoms. The normalized spacial score (nSPS) is 22.8. The lowest BCUT2D eigenvalue weighted by atomic mass is 10.0. The fourth-order valence-electron chi connectivity index (χ4n) is 5.35.